The Hall–Kier alpha value is -0.940. The lowest BCUT2D eigenvalue weighted by atomic mass is 10.0. The smallest absolute Gasteiger partial charge is 0.0698 e. The van der Waals surface area contributed by atoms with Crippen molar-refractivity contribution >= 4 is 0 Å². The number of ether oxygens (including phenoxy) is 1. The normalized spacial score (nSPS) is 18.5. The summed E-state index contributed by atoms with van der Waals surface area (Å²) in [6.45, 7) is 9.17. The van der Waals surface area contributed by atoms with Crippen LogP contribution in [0.5, 0.6) is 0 Å². The summed E-state index contributed by atoms with van der Waals surface area (Å²) in [5.74, 6) is 0. The molecule has 2 rings (SSSR count). The lowest BCUT2D eigenvalue weighted by molar-refractivity contribution is 0.0495. The Labute approximate surface area is 134 Å². The van der Waals surface area contributed by atoms with Gasteiger partial charge in [0.05, 0.1) is 19.8 Å². The summed E-state index contributed by atoms with van der Waals surface area (Å²) >= 11 is 0. The molecule has 0 spiro atoms. The predicted molar refractivity (Wildman–Crippen MR) is 90.1 cm³/mol. The third-order valence-corrected chi connectivity index (χ3v) is 4.51. The molecule has 1 aliphatic rings. The predicted octanol–water partition coefficient (Wildman–Crippen LogP) is 1.63. The van der Waals surface area contributed by atoms with Crippen LogP contribution in [0.3, 0.4) is 0 Å². The van der Waals surface area contributed by atoms with Crippen LogP contribution in [0, 0.1) is 0 Å². The highest BCUT2D eigenvalue weighted by molar-refractivity contribution is 5.14. The van der Waals surface area contributed by atoms with Crippen molar-refractivity contribution in [3.63, 3.8) is 0 Å². The number of piperazine rings is 1. The van der Waals surface area contributed by atoms with Gasteiger partial charge in [0.1, 0.15) is 0 Å². The van der Waals surface area contributed by atoms with Crippen LogP contribution in [-0.4, -0.2) is 73.5 Å². The first kappa shape index (κ1) is 17.4. The van der Waals surface area contributed by atoms with E-state index < -0.39 is 0 Å². The van der Waals surface area contributed by atoms with Crippen molar-refractivity contribution in [2.75, 3.05) is 52.5 Å². The number of aryl methyl sites for hydroxylation is 1. The lowest BCUT2D eigenvalue weighted by Gasteiger charge is -2.38. The largest absolute Gasteiger partial charge is 0.394 e. The molecule has 1 aromatic carbocycles. The summed E-state index contributed by atoms with van der Waals surface area (Å²) in [5.41, 5.74) is 1.44. The Morgan fingerprint density at radius 2 is 1.82 bits per heavy atom. The maximum absolute atomic E-state index is 8.69. The Kier molecular flexibility index (Phi) is 7.88. The minimum Gasteiger partial charge on any atom is -0.394 e. The fraction of sp³-hybridized carbons (Fsp3) is 0.667. The summed E-state index contributed by atoms with van der Waals surface area (Å²) < 4.78 is 5.34. The van der Waals surface area contributed by atoms with E-state index in [1.807, 2.05) is 0 Å². The second-order valence-electron chi connectivity index (χ2n) is 6.09. The van der Waals surface area contributed by atoms with E-state index in [2.05, 4.69) is 47.1 Å². The van der Waals surface area contributed by atoms with Crippen molar-refractivity contribution in [2.24, 2.45) is 0 Å². The number of aliphatic hydroxyl groups excluding tert-OH is 1. The average molecular weight is 306 g/mol. The first-order valence-corrected chi connectivity index (χ1v) is 8.48. The van der Waals surface area contributed by atoms with E-state index in [0.717, 1.165) is 45.8 Å². The molecule has 1 aromatic rings. The van der Waals surface area contributed by atoms with Gasteiger partial charge in [0.2, 0.25) is 0 Å². The molecule has 0 unspecified atom stereocenters. The van der Waals surface area contributed by atoms with Crippen molar-refractivity contribution in [3.8, 4) is 0 Å². The number of benzene rings is 1. The monoisotopic (exact) mass is 306 g/mol. The van der Waals surface area contributed by atoms with Crippen LogP contribution in [0.4, 0.5) is 0 Å². The van der Waals surface area contributed by atoms with E-state index in [0.29, 0.717) is 12.6 Å². The molecule has 0 aliphatic carbocycles. The van der Waals surface area contributed by atoms with Gasteiger partial charge >= 0.3 is 0 Å². The molecule has 0 radical (unpaired) electrons. The van der Waals surface area contributed by atoms with Crippen LogP contribution >= 0.6 is 0 Å². The third-order valence-electron chi connectivity index (χ3n) is 4.51. The van der Waals surface area contributed by atoms with Gasteiger partial charge in [-0.1, -0.05) is 30.3 Å². The first-order valence-electron chi connectivity index (χ1n) is 8.48. The number of rotatable bonds is 9. The molecule has 22 heavy (non-hydrogen) atoms. The summed E-state index contributed by atoms with van der Waals surface area (Å²) in [6, 6.07) is 11.4. The Balaban J connectivity index is 1.61. The molecular formula is C18H30N2O2. The molecule has 0 aromatic heterocycles. The van der Waals surface area contributed by atoms with Gasteiger partial charge in [0.25, 0.3) is 0 Å². The van der Waals surface area contributed by atoms with Gasteiger partial charge in [0.15, 0.2) is 0 Å². The number of hydrogen-bond acceptors (Lipinski definition) is 4. The van der Waals surface area contributed by atoms with Crippen molar-refractivity contribution in [2.45, 2.75) is 25.8 Å². The van der Waals surface area contributed by atoms with Gasteiger partial charge in [0, 0.05) is 38.8 Å². The van der Waals surface area contributed by atoms with Crippen LogP contribution < -0.4 is 0 Å². The van der Waals surface area contributed by atoms with Crippen LogP contribution in [0.25, 0.3) is 0 Å². The highest BCUT2D eigenvalue weighted by atomic mass is 16.5. The van der Waals surface area contributed by atoms with Crippen LogP contribution in [-0.2, 0) is 11.2 Å². The van der Waals surface area contributed by atoms with Gasteiger partial charge in [-0.25, -0.2) is 0 Å². The first-order chi connectivity index (χ1) is 10.8. The third kappa shape index (κ3) is 6.05. The molecule has 1 atom stereocenters. The molecule has 4 heteroatoms. The summed E-state index contributed by atoms with van der Waals surface area (Å²) in [7, 11) is 0. The zero-order valence-electron chi connectivity index (χ0n) is 13.8. The fourth-order valence-corrected chi connectivity index (χ4v) is 2.99. The SMILES string of the molecule is C[C@@H](CCc1ccccc1)N1CCN(CCOCCO)CC1. The zero-order chi connectivity index (χ0) is 15.6. The lowest BCUT2D eigenvalue weighted by Crippen LogP contribution is -2.50. The van der Waals surface area contributed by atoms with Crippen LogP contribution in [0.15, 0.2) is 30.3 Å². The van der Waals surface area contributed by atoms with Crippen molar-refractivity contribution in [1.29, 1.82) is 0 Å². The van der Waals surface area contributed by atoms with Crippen molar-refractivity contribution < 1.29 is 9.84 Å². The van der Waals surface area contributed by atoms with E-state index in [1.165, 1.54) is 12.0 Å². The topological polar surface area (TPSA) is 35.9 Å². The highest BCUT2D eigenvalue weighted by Gasteiger charge is 2.20. The van der Waals surface area contributed by atoms with Gasteiger partial charge in [-0.15, -0.1) is 0 Å². The summed E-state index contributed by atoms with van der Waals surface area (Å²) in [5, 5.41) is 8.69. The number of hydrogen-bond donors (Lipinski definition) is 1. The molecule has 4 nitrogen and oxygen atoms in total. The Morgan fingerprint density at radius 3 is 2.50 bits per heavy atom. The maximum atomic E-state index is 8.69. The van der Waals surface area contributed by atoms with Crippen molar-refractivity contribution in [1.82, 2.24) is 9.80 Å². The highest BCUT2D eigenvalue weighted by Crippen LogP contribution is 2.12. The van der Waals surface area contributed by atoms with E-state index in [4.69, 9.17) is 9.84 Å². The molecular weight excluding hydrogens is 276 g/mol. The quantitative estimate of drug-likeness (QED) is 0.704. The van der Waals surface area contributed by atoms with Gasteiger partial charge in [-0.05, 0) is 25.3 Å². The Bertz CT molecular complexity index is 391. The molecule has 1 N–H and O–H groups in total. The van der Waals surface area contributed by atoms with E-state index >= 15 is 0 Å². The van der Waals surface area contributed by atoms with Crippen LogP contribution in [0.1, 0.15) is 18.9 Å². The van der Waals surface area contributed by atoms with Crippen molar-refractivity contribution in [3.05, 3.63) is 35.9 Å². The molecule has 0 amide bonds. The number of aliphatic hydroxyl groups is 1. The standard InChI is InChI=1S/C18H30N2O2/c1-17(7-8-18-5-3-2-4-6-18)20-11-9-19(10-12-20)13-15-22-16-14-21/h2-6,17,21H,7-16H2,1H3/t17-/m0/s1. The second kappa shape index (κ2) is 9.95. The van der Waals surface area contributed by atoms with E-state index in [-0.39, 0.29) is 6.61 Å². The molecule has 1 fully saturated rings. The summed E-state index contributed by atoms with van der Waals surface area (Å²) in [4.78, 5) is 5.06. The average Bonchev–Trinajstić information content (AvgIpc) is 2.58. The minimum atomic E-state index is 0.118. The Morgan fingerprint density at radius 1 is 1.09 bits per heavy atom. The molecule has 1 saturated heterocycles. The molecule has 1 aliphatic heterocycles. The second-order valence-corrected chi connectivity index (χ2v) is 6.09. The summed E-state index contributed by atoms with van der Waals surface area (Å²) in [6.07, 6.45) is 2.39. The van der Waals surface area contributed by atoms with E-state index in [1.54, 1.807) is 0 Å². The minimum absolute atomic E-state index is 0.118. The molecule has 1 heterocycles. The zero-order valence-corrected chi connectivity index (χ0v) is 13.8. The molecule has 0 bridgehead atoms. The van der Waals surface area contributed by atoms with E-state index in [9.17, 15) is 0 Å². The fourth-order valence-electron chi connectivity index (χ4n) is 2.99. The molecule has 0 saturated carbocycles. The maximum Gasteiger partial charge on any atom is 0.0698 e. The number of nitrogens with zero attached hydrogens (tertiary/aromatic N) is 2. The van der Waals surface area contributed by atoms with Gasteiger partial charge < -0.3 is 9.84 Å². The molecule has 124 valence electrons. The van der Waals surface area contributed by atoms with Crippen LogP contribution in [0.2, 0.25) is 0 Å². The van der Waals surface area contributed by atoms with Gasteiger partial charge in [-0.3, -0.25) is 9.80 Å². The van der Waals surface area contributed by atoms with Gasteiger partial charge in [-0.2, -0.15) is 0 Å².